The van der Waals surface area contributed by atoms with E-state index < -0.39 is 35.2 Å². The fraction of sp³-hybridized carbons (Fsp3) is 0.478. The quantitative estimate of drug-likeness (QED) is 0.360. The van der Waals surface area contributed by atoms with Crippen LogP contribution in [-0.2, 0) is 14.3 Å². The number of piperidine rings is 1. The Bertz CT molecular complexity index is 972. The second-order valence-corrected chi connectivity index (χ2v) is 8.60. The molecule has 2 aliphatic rings. The average molecular weight is 445 g/mol. The monoisotopic (exact) mass is 445 g/mol. The largest absolute Gasteiger partial charge is 0.459 e. The van der Waals surface area contributed by atoms with E-state index in [1.807, 2.05) is 0 Å². The van der Waals surface area contributed by atoms with Crippen molar-refractivity contribution in [1.82, 2.24) is 10.2 Å². The molecular formula is C23H28FN3O5. The van der Waals surface area contributed by atoms with E-state index in [0.29, 0.717) is 37.9 Å². The lowest BCUT2D eigenvalue weighted by Gasteiger charge is -2.30. The molecule has 2 heterocycles. The Morgan fingerprint density at radius 2 is 2.03 bits per heavy atom. The highest BCUT2D eigenvalue weighted by Gasteiger charge is 2.45. The number of hydrogen-bond acceptors (Lipinski definition) is 6. The average Bonchev–Trinajstić information content (AvgIpc) is 2.98. The summed E-state index contributed by atoms with van der Waals surface area (Å²) in [4.78, 5) is 50.7. The molecule has 0 aromatic heterocycles. The first-order valence-electron chi connectivity index (χ1n) is 10.7. The summed E-state index contributed by atoms with van der Waals surface area (Å²) in [5.74, 6) is -3.04. The van der Waals surface area contributed by atoms with Crippen molar-refractivity contribution in [3.63, 3.8) is 0 Å². The molecule has 0 spiro atoms. The first kappa shape index (κ1) is 23.6. The third-order valence-corrected chi connectivity index (χ3v) is 5.55. The van der Waals surface area contributed by atoms with Gasteiger partial charge in [-0.1, -0.05) is 12.1 Å². The number of amides is 3. The third kappa shape index (κ3) is 5.04. The van der Waals surface area contributed by atoms with Gasteiger partial charge in [-0.2, -0.15) is 0 Å². The maximum atomic E-state index is 14.1. The molecule has 1 aromatic rings. The zero-order valence-electron chi connectivity index (χ0n) is 18.3. The summed E-state index contributed by atoms with van der Waals surface area (Å²) < 4.78 is 19.6. The number of nitrogens with zero attached hydrogens (tertiary/aromatic N) is 1. The normalized spacial score (nSPS) is 19.9. The Hall–Kier alpha value is -3.07. The second-order valence-electron chi connectivity index (χ2n) is 8.60. The minimum Gasteiger partial charge on any atom is -0.459 e. The molecule has 172 valence electrons. The van der Waals surface area contributed by atoms with Gasteiger partial charge in [-0.3, -0.25) is 24.1 Å². The smallest absolute Gasteiger partial charge is 0.306 e. The number of fused-ring (bicyclic) bond motifs is 1. The summed E-state index contributed by atoms with van der Waals surface area (Å²) in [6.07, 6.45) is 4.53. The molecule has 1 unspecified atom stereocenters. The number of hydrogen-bond donors (Lipinski definition) is 2. The summed E-state index contributed by atoms with van der Waals surface area (Å²) in [5, 5.41) is 2.72. The van der Waals surface area contributed by atoms with Crippen LogP contribution >= 0.6 is 0 Å². The van der Waals surface area contributed by atoms with Gasteiger partial charge in [0.15, 0.2) is 0 Å². The number of rotatable bonds is 8. The van der Waals surface area contributed by atoms with Gasteiger partial charge >= 0.3 is 5.97 Å². The van der Waals surface area contributed by atoms with Gasteiger partial charge in [0, 0.05) is 18.5 Å². The summed E-state index contributed by atoms with van der Waals surface area (Å²) in [7, 11) is 0. The highest BCUT2D eigenvalue weighted by molar-refractivity contribution is 6.23. The van der Waals surface area contributed by atoms with Gasteiger partial charge in [0.25, 0.3) is 11.8 Å². The van der Waals surface area contributed by atoms with Gasteiger partial charge in [-0.05, 0) is 58.2 Å². The molecule has 0 saturated carbocycles. The van der Waals surface area contributed by atoms with E-state index >= 15 is 0 Å². The van der Waals surface area contributed by atoms with Gasteiger partial charge in [-0.15, -0.1) is 0 Å². The molecule has 9 heteroatoms. The van der Waals surface area contributed by atoms with Crippen LogP contribution in [-0.4, -0.2) is 46.8 Å². The molecule has 2 aliphatic heterocycles. The minimum atomic E-state index is -1.01. The van der Waals surface area contributed by atoms with Gasteiger partial charge < -0.3 is 15.8 Å². The van der Waals surface area contributed by atoms with Crippen molar-refractivity contribution in [2.45, 2.75) is 64.0 Å². The van der Waals surface area contributed by atoms with Gasteiger partial charge in [0.1, 0.15) is 17.5 Å². The SMILES string of the molecule is CC(C)(C/C=C1/CCC(N2C(=O)c3cccc(F)c3C2=O)C(=O)N1)OC(=O)CCCCN. The van der Waals surface area contributed by atoms with E-state index in [1.54, 1.807) is 19.9 Å². The molecule has 1 saturated heterocycles. The fourth-order valence-electron chi connectivity index (χ4n) is 3.86. The van der Waals surface area contributed by atoms with Gasteiger partial charge in [0.2, 0.25) is 5.91 Å². The van der Waals surface area contributed by atoms with E-state index in [9.17, 15) is 23.6 Å². The Balaban J connectivity index is 1.60. The van der Waals surface area contributed by atoms with Crippen LogP contribution < -0.4 is 11.1 Å². The van der Waals surface area contributed by atoms with Crippen LogP contribution in [0.1, 0.15) is 73.1 Å². The van der Waals surface area contributed by atoms with Crippen molar-refractivity contribution in [3.8, 4) is 0 Å². The summed E-state index contributed by atoms with van der Waals surface area (Å²) >= 11 is 0. The van der Waals surface area contributed by atoms with Crippen LogP contribution in [0.15, 0.2) is 30.0 Å². The molecule has 3 amide bonds. The van der Waals surface area contributed by atoms with Crippen LogP contribution in [0, 0.1) is 5.82 Å². The molecule has 1 atom stereocenters. The van der Waals surface area contributed by atoms with Crippen LogP contribution in [0.3, 0.4) is 0 Å². The maximum Gasteiger partial charge on any atom is 0.306 e. The van der Waals surface area contributed by atoms with E-state index in [1.165, 1.54) is 12.1 Å². The maximum absolute atomic E-state index is 14.1. The molecular weight excluding hydrogens is 417 g/mol. The molecule has 32 heavy (non-hydrogen) atoms. The number of imide groups is 1. The number of nitrogens with two attached hydrogens (primary N) is 1. The third-order valence-electron chi connectivity index (χ3n) is 5.55. The van der Waals surface area contributed by atoms with Crippen molar-refractivity contribution >= 4 is 23.7 Å². The minimum absolute atomic E-state index is 0.0285. The molecule has 1 aromatic carbocycles. The van der Waals surface area contributed by atoms with E-state index in [2.05, 4.69) is 5.32 Å². The first-order chi connectivity index (χ1) is 15.1. The van der Waals surface area contributed by atoms with Crippen LogP contribution in [0.2, 0.25) is 0 Å². The number of allylic oxidation sites excluding steroid dienone is 1. The Morgan fingerprint density at radius 1 is 1.28 bits per heavy atom. The van der Waals surface area contributed by atoms with E-state index in [4.69, 9.17) is 10.5 Å². The van der Waals surface area contributed by atoms with Crippen molar-refractivity contribution in [3.05, 3.63) is 46.9 Å². The standard InChI is InChI=1S/C23H28FN3O5/c1-23(2,32-18(28)8-3-4-13-25)12-11-14-9-10-17(20(29)26-14)27-21(30)15-6-5-7-16(24)19(15)22(27)31/h5-7,11,17H,3-4,8-10,12-13,25H2,1-2H3,(H,26,29)/b14-11-. The molecule has 1 fully saturated rings. The summed E-state index contributed by atoms with van der Waals surface area (Å²) in [6, 6.07) is 2.84. The van der Waals surface area contributed by atoms with Crippen molar-refractivity contribution in [2.24, 2.45) is 5.73 Å². The second kappa shape index (κ2) is 9.60. The highest BCUT2D eigenvalue weighted by atomic mass is 19.1. The molecule has 0 aliphatic carbocycles. The molecule has 3 rings (SSSR count). The zero-order chi connectivity index (χ0) is 23.5. The zero-order valence-corrected chi connectivity index (χ0v) is 18.3. The number of benzene rings is 1. The van der Waals surface area contributed by atoms with E-state index in [0.717, 1.165) is 17.4 Å². The van der Waals surface area contributed by atoms with Gasteiger partial charge in [-0.25, -0.2) is 4.39 Å². The predicted octanol–water partition coefficient (Wildman–Crippen LogP) is 2.43. The summed E-state index contributed by atoms with van der Waals surface area (Å²) in [6.45, 7) is 4.09. The lowest BCUT2D eigenvalue weighted by molar-refractivity contribution is -0.156. The lowest BCUT2D eigenvalue weighted by Crippen LogP contribution is -2.52. The lowest BCUT2D eigenvalue weighted by atomic mass is 9.98. The molecule has 0 radical (unpaired) electrons. The fourth-order valence-corrected chi connectivity index (χ4v) is 3.86. The number of carbonyl (C=O) groups excluding carboxylic acids is 4. The van der Waals surface area contributed by atoms with Crippen molar-refractivity contribution in [1.29, 1.82) is 0 Å². The van der Waals surface area contributed by atoms with Crippen LogP contribution in [0.5, 0.6) is 0 Å². The topological polar surface area (TPSA) is 119 Å². The van der Waals surface area contributed by atoms with Crippen LogP contribution in [0.25, 0.3) is 0 Å². The number of ether oxygens (including phenoxy) is 1. The van der Waals surface area contributed by atoms with Gasteiger partial charge in [0.05, 0.1) is 11.1 Å². The van der Waals surface area contributed by atoms with Crippen molar-refractivity contribution in [2.75, 3.05) is 6.54 Å². The van der Waals surface area contributed by atoms with E-state index in [-0.39, 0.29) is 23.5 Å². The number of carbonyl (C=O) groups is 4. The summed E-state index contributed by atoms with van der Waals surface area (Å²) in [5.41, 5.74) is 4.98. The van der Waals surface area contributed by atoms with Crippen molar-refractivity contribution < 1.29 is 28.3 Å². The molecule has 8 nitrogen and oxygen atoms in total. The number of halogens is 1. The Kier molecular flexibility index (Phi) is 7.08. The van der Waals surface area contributed by atoms with Crippen LogP contribution in [0.4, 0.5) is 4.39 Å². The highest BCUT2D eigenvalue weighted by Crippen LogP contribution is 2.30. The Labute approximate surface area is 186 Å². The number of nitrogens with one attached hydrogen (secondary N) is 1. The number of esters is 1. The number of unbranched alkanes of at least 4 members (excludes halogenated alkanes) is 1. The Morgan fingerprint density at radius 3 is 2.69 bits per heavy atom. The predicted molar refractivity (Wildman–Crippen MR) is 114 cm³/mol. The first-order valence-corrected chi connectivity index (χ1v) is 10.7. The molecule has 3 N–H and O–H groups in total. The molecule has 0 bridgehead atoms.